The number of benzene rings is 2. The second-order valence-corrected chi connectivity index (χ2v) is 8.98. The maximum atomic E-state index is 13.9. The van der Waals surface area contributed by atoms with Crippen LogP contribution < -0.4 is 10.1 Å². The zero-order chi connectivity index (χ0) is 23.8. The Hall–Kier alpha value is -3.80. The molecule has 2 aliphatic rings. The minimum absolute atomic E-state index is 0.0520. The Labute approximate surface area is 199 Å². The first kappa shape index (κ1) is 22.0. The van der Waals surface area contributed by atoms with Gasteiger partial charge in [0.15, 0.2) is 0 Å². The van der Waals surface area contributed by atoms with E-state index in [1.165, 1.54) is 24.5 Å². The second kappa shape index (κ2) is 8.86. The number of allylic oxidation sites excluding steroid dienone is 2. The van der Waals surface area contributed by atoms with Gasteiger partial charge in [-0.3, -0.25) is 0 Å². The van der Waals surface area contributed by atoms with Gasteiger partial charge in [0.25, 0.3) is 0 Å². The first-order chi connectivity index (χ1) is 16.4. The van der Waals surface area contributed by atoms with E-state index >= 15 is 0 Å². The number of hydrogen-bond donors (Lipinski definition) is 1. The highest BCUT2D eigenvalue weighted by Gasteiger charge is 2.30. The molecule has 34 heavy (non-hydrogen) atoms. The summed E-state index contributed by atoms with van der Waals surface area (Å²) in [6, 6.07) is 12.7. The van der Waals surface area contributed by atoms with Crippen molar-refractivity contribution in [1.82, 2.24) is 14.5 Å². The van der Waals surface area contributed by atoms with Crippen LogP contribution in [0.5, 0.6) is 5.75 Å². The zero-order valence-corrected chi connectivity index (χ0v) is 19.8. The Kier molecular flexibility index (Phi) is 5.74. The molecule has 0 unspecified atom stereocenters. The van der Waals surface area contributed by atoms with E-state index in [0.717, 1.165) is 39.8 Å². The van der Waals surface area contributed by atoms with Crippen molar-refractivity contribution in [3.63, 3.8) is 0 Å². The van der Waals surface area contributed by atoms with Gasteiger partial charge < -0.3 is 19.5 Å². The number of aromatic nitrogens is 2. The normalized spacial score (nSPS) is 16.7. The lowest BCUT2D eigenvalue weighted by Gasteiger charge is -2.35. The summed E-state index contributed by atoms with van der Waals surface area (Å²) in [5, 5.41) is 3.55. The van der Waals surface area contributed by atoms with Crippen LogP contribution in [0.15, 0.2) is 90.8 Å². The van der Waals surface area contributed by atoms with Crippen LogP contribution in [0.1, 0.15) is 37.1 Å². The molecule has 0 amide bonds. The Balaban J connectivity index is 1.44. The lowest BCUT2D eigenvalue weighted by atomic mass is 10.0. The summed E-state index contributed by atoms with van der Waals surface area (Å²) in [7, 11) is 1.67. The molecular formula is C28H29FN4O. The maximum Gasteiger partial charge on any atom is 0.144 e. The number of halogens is 1. The van der Waals surface area contributed by atoms with Gasteiger partial charge in [0, 0.05) is 24.2 Å². The first-order valence-electron chi connectivity index (χ1n) is 11.6. The monoisotopic (exact) mass is 456 g/mol. The van der Waals surface area contributed by atoms with Crippen molar-refractivity contribution in [1.29, 1.82) is 0 Å². The van der Waals surface area contributed by atoms with E-state index < -0.39 is 0 Å². The minimum Gasteiger partial charge on any atom is -0.494 e. The van der Waals surface area contributed by atoms with Gasteiger partial charge in [0.2, 0.25) is 0 Å². The van der Waals surface area contributed by atoms with E-state index in [-0.39, 0.29) is 11.9 Å². The summed E-state index contributed by atoms with van der Waals surface area (Å²) in [6.45, 7) is 8.42. The Morgan fingerprint density at radius 3 is 2.71 bits per heavy atom. The lowest BCUT2D eigenvalue weighted by molar-refractivity contribution is 0.369. The third-order valence-corrected chi connectivity index (χ3v) is 6.47. The maximum absolute atomic E-state index is 13.9. The Morgan fingerprint density at radius 1 is 1.21 bits per heavy atom. The van der Waals surface area contributed by atoms with Crippen molar-refractivity contribution in [3.8, 4) is 11.4 Å². The van der Waals surface area contributed by atoms with E-state index in [1.807, 2.05) is 42.0 Å². The van der Waals surface area contributed by atoms with E-state index in [9.17, 15) is 4.39 Å². The van der Waals surface area contributed by atoms with Gasteiger partial charge in [0.1, 0.15) is 11.6 Å². The summed E-state index contributed by atoms with van der Waals surface area (Å²) < 4.78 is 21.5. The summed E-state index contributed by atoms with van der Waals surface area (Å²) in [5.41, 5.74) is 6.73. The van der Waals surface area contributed by atoms with E-state index in [1.54, 1.807) is 25.6 Å². The highest BCUT2D eigenvalue weighted by Crippen LogP contribution is 2.42. The molecule has 2 aromatic carbocycles. The largest absolute Gasteiger partial charge is 0.494 e. The van der Waals surface area contributed by atoms with Gasteiger partial charge >= 0.3 is 0 Å². The van der Waals surface area contributed by atoms with Crippen molar-refractivity contribution in [2.45, 2.75) is 32.7 Å². The van der Waals surface area contributed by atoms with E-state index in [0.29, 0.717) is 5.92 Å². The Morgan fingerprint density at radius 2 is 2.03 bits per heavy atom. The molecule has 0 radical (unpaired) electrons. The van der Waals surface area contributed by atoms with Gasteiger partial charge in [-0.25, -0.2) is 9.37 Å². The number of imidazole rings is 1. The van der Waals surface area contributed by atoms with Gasteiger partial charge in [0.05, 0.1) is 42.3 Å². The van der Waals surface area contributed by atoms with Crippen LogP contribution in [0.3, 0.4) is 0 Å². The van der Waals surface area contributed by atoms with Crippen LogP contribution in [0, 0.1) is 18.7 Å². The molecule has 6 heteroatoms. The summed E-state index contributed by atoms with van der Waals surface area (Å²) in [6.07, 6.45) is 10.5. The predicted molar refractivity (Wildman–Crippen MR) is 133 cm³/mol. The molecule has 1 fully saturated rings. The third-order valence-electron chi connectivity index (χ3n) is 6.47. The average molecular weight is 457 g/mol. The fourth-order valence-electron chi connectivity index (χ4n) is 4.36. The van der Waals surface area contributed by atoms with Gasteiger partial charge in [-0.2, -0.15) is 0 Å². The molecule has 1 aliphatic heterocycles. The molecule has 2 heterocycles. The lowest BCUT2D eigenvalue weighted by Crippen LogP contribution is -2.27. The highest BCUT2D eigenvalue weighted by atomic mass is 19.1. The van der Waals surface area contributed by atoms with Crippen LogP contribution in [0.2, 0.25) is 0 Å². The number of ether oxygens (including phenoxy) is 1. The molecule has 174 valence electrons. The van der Waals surface area contributed by atoms with Crippen LogP contribution in [0.4, 0.5) is 10.1 Å². The van der Waals surface area contributed by atoms with Crippen molar-refractivity contribution >= 4 is 5.69 Å². The number of rotatable bonds is 7. The van der Waals surface area contributed by atoms with Gasteiger partial charge in [-0.15, -0.1) is 0 Å². The van der Waals surface area contributed by atoms with Crippen LogP contribution in [-0.2, 0) is 0 Å². The van der Waals surface area contributed by atoms with Gasteiger partial charge in [-0.1, -0.05) is 18.7 Å². The zero-order valence-electron chi connectivity index (χ0n) is 19.8. The molecule has 5 rings (SSSR count). The molecule has 1 N–H and O–H groups in total. The van der Waals surface area contributed by atoms with E-state index in [2.05, 4.69) is 41.0 Å². The third kappa shape index (κ3) is 4.36. The van der Waals surface area contributed by atoms with E-state index in [4.69, 9.17) is 4.74 Å². The average Bonchev–Trinajstić information content (AvgIpc) is 3.60. The van der Waals surface area contributed by atoms with Crippen molar-refractivity contribution < 1.29 is 9.13 Å². The highest BCUT2D eigenvalue weighted by molar-refractivity contribution is 5.63. The van der Waals surface area contributed by atoms with Crippen molar-refractivity contribution in [2.24, 2.45) is 5.92 Å². The molecular weight excluding hydrogens is 427 g/mol. The summed E-state index contributed by atoms with van der Waals surface area (Å²) in [4.78, 5) is 6.46. The number of methoxy groups -OCH3 is 1. The fourth-order valence-corrected chi connectivity index (χ4v) is 4.36. The molecule has 5 nitrogen and oxygen atoms in total. The first-order valence-corrected chi connectivity index (χ1v) is 11.6. The topological polar surface area (TPSA) is 42.3 Å². The quantitative estimate of drug-likeness (QED) is 0.440. The van der Waals surface area contributed by atoms with Crippen molar-refractivity contribution in [3.05, 3.63) is 108 Å². The van der Waals surface area contributed by atoms with Crippen molar-refractivity contribution in [2.75, 3.05) is 12.4 Å². The van der Waals surface area contributed by atoms with Crippen LogP contribution >= 0.6 is 0 Å². The molecule has 1 saturated carbocycles. The fraction of sp³-hybridized carbons (Fsp3) is 0.250. The number of aryl methyl sites for hydroxylation is 1. The molecule has 1 aromatic heterocycles. The molecule has 3 aromatic rings. The Bertz CT molecular complexity index is 1300. The molecule has 1 aliphatic carbocycles. The molecule has 0 bridgehead atoms. The molecule has 0 spiro atoms. The second-order valence-electron chi connectivity index (χ2n) is 8.98. The number of nitrogens with one attached hydrogen (secondary N) is 1. The smallest absolute Gasteiger partial charge is 0.144 e. The number of nitrogens with zero attached hydrogens (tertiary/aromatic N) is 3. The molecule has 0 saturated heterocycles. The van der Waals surface area contributed by atoms with Gasteiger partial charge in [-0.05, 0) is 74.1 Å². The summed E-state index contributed by atoms with van der Waals surface area (Å²) >= 11 is 0. The predicted octanol–water partition coefficient (Wildman–Crippen LogP) is 6.51. The SMILES string of the molecule is C=C1C(Nc2ccc(-n3cnc(C)c3)c(OC)c2)=CC(C2CC2)=CN1[C@@H](C)c1cccc(F)c1. The number of hydrogen-bond acceptors (Lipinski definition) is 4. The number of anilines is 1. The van der Waals surface area contributed by atoms with Crippen LogP contribution in [0.25, 0.3) is 5.69 Å². The minimum atomic E-state index is -0.229. The van der Waals surface area contributed by atoms with Crippen LogP contribution in [-0.4, -0.2) is 21.6 Å². The standard InChI is InChI=1S/C28H29FN4O/c1-18-15-32(17-30-18)27-11-10-25(14-28(27)34-4)31-26-13-23(21-8-9-21)16-33(20(26)3)19(2)22-6-5-7-24(29)12-22/h5-7,10-17,19,21,31H,3,8-9H2,1-2,4H3/t19-/m0/s1. The summed E-state index contributed by atoms with van der Waals surface area (Å²) in [5.74, 6) is 1.08. The molecule has 1 atom stereocenters.